The van der Waals surface area contributed by atoms with Crippen LogP contribution in [0.3, 0.4) is 0 Å². The molecule has 1 aliphatic heterocycles. The molecule has 0 radical (unpaired) electrons. The Morgan fingerprint density at radius 2 is 2.06 bits per heavy atom. The molecule has 1 aliphatic rings. The second kappa shape index (κ2) is 4.94. The lowest BCUT2D eigenvalue weighted by Crippen LogP contribution is -2.35. The van der Waals surface area contributed by atoms with Crippen LogP contribution in [0.25, 0.3) is 11.0 Å². The van der Waals surface area contributed by atoms with E-state index in [1.165, 1.54) is 5.52 Å². The van der Waals surface area contributed by atoms with Gasteiger partial charge in [0.15, 0.2) is 0 Å². The molecule has 0 bridgehead atoms. The van der Waals surface area contributed by atoms with Crippen molar-refractivity contribution in [2.45, 2.75) is 19.4 Å². The average Bonchev–Trinajstić information content (AvgIpc) is 2.83. The van der Waals surface area contributed by atoms with Gasteiger partial charge in [-0.25, -0.2) is 4.98 Å². The van der Waals surface area contributed by atoms with Crippen LogP contribution in [-0.2, 0) is 11.3 Å². The third-order valence-electron chi connectivity index (χ3n) is 3.92. The van der Waals surface area contributed by atoms with E-state index in [1.54, 1.807) is 0 Å². The van der Waals surface area contributed by atoms with E-state index < -0.39 is 0 Å². The van der Waals surface area contributed by atoms with E-state index in [-0.39, 0.29) is 5.41 Å². The second-order valence-corrected chi connectivity index (χ2v) is 5.45. The van der Waals surface area contributed by atoms with Gasteiger partial charge in [-0.3, -0.25) is 0 Å². The highest BCUT2D eigenvalue weighted by Crippen LogP contribution is 2.34. The fourth-order valence-electron chi connectivity index (χ4n) is 2.67. The normalized spacial score (nSPS) is 19.2. The molecule has 0 N–H and O–H groups in total. The van der Waals surface area contributed by atoms with Crippen LogP contribution >= 0.6 is 12.6 Å². The summed E-state index contributed by atoms with van der Waals surface area (Å²) in [4.78, 5) is 4.46. The lowest BCUT2D eigenvalue weighted by atomic mass is 9.82. The molecule has 2 aromatic rings. The van der Waals surface area contributed by atoms with Crippen LogP contribution in [0.15, 0.2) is 30.6 Å². The zero-order valence-corrected chi connectivity index (χ0v) is 11.3. The fourth-order valence-corrected chi connectivity index (χ4v) is 3.08. The minimum Gasteiger partial charge on any atom is -0.381 e. The molecule has 0 spiro atoms. The summed E-state index contributed by atoms with van der Waals surface area (Å²) in [5.74, 6) is 0.906. The van der Waals surface area contributed by atoms with E-state index in [0.717, 1.165) is 43.9 Å². The zero-order valence-electron chi connectivity index (χ0n) is 10.4. The van der Waals surface area contributed by atoms with Crippen molar-refractivity contribution in [3.63, 3.8) is 0 Å². The van der Waals surface area contributed by atoms with Crippen molar-refractivity contribution in [3.05, 3.63) is 30.6 Å². The summed E-state index contributed by atoms with van der Waals surface area (Å²) in [6.07, 6.45) is 4.12. The van der Waals surface area contributed by atoms with Crippen LogP contribution in [0.2, 0.25) is 0 Å². The van der Waals surface area contributed by atoms with Gasteiger partial charge in [-0.1, -0.05) is 12.1 Å². The molecule has 2 heterocycles. The second-order valence-electron chi connectivity index (χ2n) is 5.13. The summed E-state index contributed by atoms with van der Waals surface area (Å²) in [6.45, 7) is 2.70. The molecule has 3 rings (SSSR count). The smallest absolute Gasteiger partial charge is 0.0958 e. The molecular formula is C14H18N2OS. The maximum absolute atomic E-state index is 5.47. The SMILES string of the molecule is SCC1(Cn2cnc3ccccc32)CCOCC1. The number of rotatable bonds is 3. The van der Waals surface area contributed by atoms with Crippen molar-refractivity contribution in [2.75, 3.05) is 19.0 Å². The van der Waals surface area contributed by atoms with Crippen molar-refractivity contribution in [3.8, 4) is 0 Å². The van der Waals surface area contributed by atoms with Gasteiger partial charge < -0.3 is 9.30 Å². The Bertz CT molecular complexity index is 531. The number of para-hydroxylation sites is 2. The standard InChI is InChI=1S/C14H18N2OS/c18-10-14(5-7-17-8-6-14)9-16-11-15-12-3-1-2-4-13(12)16/h1-4,11,18H,5-10H2. The van der Waals surface area contributed by atoms with E-state index in [9.17, 15) is 0 Å². The van der Waals surface area contributed by atoms with Gasteiger partial charge in [-0.05, 0) is 30.7 Å². The number of benzene rings is 1. The van der Waals surface area contributed by atoms with E-state index >= 15 is 0 Å². The molecule has 1 saturated heterocycles. The van der Waals surface area contributed by atoms with Gasteiger partial charge in [0, 0.05) is 25.2 Å². The topological polar surface area (TPSA) is 27.1 Å². The Balaban J connectivity index is 1.90. The van der Waals surface area contributed by atoms with E-state index in [0.29, 0.717) is 0 Å². The molecule has 0 atom stereocenters. The van der Waals surface area contributed by atoms with Gasteiger partial charge in [0.25, 0.3) is 0 Å². The van der Waals surface area contributed by atoms with Gasteiger partial charge in [0.1, 0.15) is 0 Å². The van der Waals surface area contributed by atoms with Crippen molar-refractivity contribution in [1.82, 2.24) is 9.55 Å². The van der Waals surface area contributed by atoms with Crippen LogP contribution in [0.1, 0.15) is 12.8 Å². The number of ether oxygens (including phenoxy) is 1. The molecule has 1 aromatic heterocycles. The van der Waals surface area contributed by atoms with Crippen molar-refractivity contribution >= 4 is 23.7 Å². The highest BCUT2D eigenvalue weighted by Gasteiger charge is 2.32. The van der Waals surface area contributed by atoms with Crippen LogP contribution in [0, 0.1) is 5.41 Å². The van der Waals surface area contributed by atoms with Crippen molar-refractivity contribution < 1.29 is 4.74 Å². The Labute approximate surface area is 113 Å². The van der Waals surface area contributed by atoms with Gasteiger partial charge in [-0.2, -0.15) is 12.6 Å². The third kappa shape index (κ3) is 2.15. The predicted molar refractivity (Wildman–Crippen MR) is 76.1 cm³/mol. The maximum Gasteiger partial charge on any atom is 0.0958 e. The number of hydrogen-bond acceptors (Lipinski definition) is 3. The molecule has 96 valence electrons. The molecule has 4 heteroatoms. The minimum absolute atomic E-state index is 0.255. The number of aromatic nitrogens is 2. The summed E-state index contributed by atoms with van der Waals surface area (Å²) >= 11 is 4.57. The summed E-state index contributed by atoms with van der Waals surface area (Å²) < 4.78 is 7.74. The van der Waals surface area contributed by atoms with Crippen LogP contribution < -0.4 is 0 Å². The molecule has 18 heavy (non-hydrogen) atoms. The van der Waals surface area contributed by atoms with E-state index in [4.69, 9.17) is 4.74 Å². The highest BCUT2D eigenvalue weighted by atomic mass is 32.1. The first-order valence-corrected chi connectivity index (χ1v) is 7.05. The average molecular weight is 262 g/mol. The molecular weight excluding hydrogens is 244 g/mol. The van der Waals surface area contributed by atoms with Crippen LogP contribution in [0.5, 0.6) is 0 Å². The summed E-state index contributed by atoms with van der Waals surface area (Å²) in [5, 5.41) is 0. The monoisotopic (exact) mass is 262 g/mol. The molecule has 0 amide bonds. The van der Waals surface area contributed by atoms with E-state index in [2.05, 4.69) is 40.4 Å². The Morgan fingerprint density at radius 1 is 1.28 bits per heavy atom. The number of thiol groups is 1. The quantitative estimate of drug-likeness (QED) is 0.861. The van der Waals surface area contributed by atoms with E-state index in [1.807, 2.05) is 12.4 Å². The van der Waals surface area contributed by atoms with Gasteiger partial charge in [0.2, 0.25) is 0 Å². The Morgan fingerprint density at radius 3 is 2.83 bits per heavy atom. The molecule has 1 fully saturated rings. The first-order valence-electron chi connectivity index (χ1n) is 6.41. The fraction of sp³-hybridized carbons (Fsp3) is 0.500. The van der Waals surface area contributed by atoms with Crippen molar-refractivity contribution in [2.24, 2.45) is 5.41 Å². The van der Waals surface area contributed by atoms with Crippen LogP contribution in [-0.4, -0.2) is 28.5 Å². The first-order chi connectivity index (χ1) is 8.83. The Hall–Kier alpha value is -1.00. The number of fused-ring (bicyclic) bond motifs is 1. The maximum atomic E-state index is 5.47. The van der Waals surface area contributed by atoms with Gasteiger partial charge >= 0.3 is 0 Å². The molecule has 0 saturated carbocycles. The lowest BCUT2D eigenvalue weighted by Gasteiger charge is -2.36. The largest absolute Gasteiger partial charge is 0.381 e. The highest BCUT2D eigenvalue weighted by molar-refractivity contribution is 7.80. The molecule has 3 nitrogen and oxygen atoms in total. The predicted octanol–water partition coefficient (Wildman–Crippen LogP) is 2.76. The summed E-state index contributed by atoms with van der Waals surface area (Å²) in [5.41, 5.74) is 2.54. The number of hydrogen-bond donors (Lipinski definition) is 1. The molecule has 1 aromatic carbocycles. The first kappa shape index (κ1) is 12.1. The Kier molecular flexibility index (Phi) is 3.31. The lowest BCUT2D eigenvalue weighted by molar-refractivity contribution is 0.0187. The van der Waals surface area contributed by atoms with Crippen molar-refractivity contribution in [1.29, 1.82) is 0 Å². The molecule has 0 unspecified atom stereocenters. The molecule has 0 aliphatic carbocycles. The van der Waals surface area contributed by atoms with Crippen LogP contribution in [0.4, 0.5) is 0 Å². The minimum atomic E-state index is 0.255. The van der Waals surface area contributed by atoms with Gasteiger partial charge in [-0.15, -0.1) is 0 Å². The third-order valence-corrected chi connectivity index (χ3v) is 4.59. The number of nitrogens with zero attached hydrogens (tertiary/aromatic N) is 2. The van der Waals surface area contributed by atoms with Gasteiger partial charge in [0.05, 0.1) is 17.4 Å². The zero-order chi connectivity index (χ0) is 12.4. The number of imidazole rings is 1. The summed E-state index contributed by atoms with van der Waals surface area (Å²) in [6, 6.07) is 8.29. The summed E-state index contributed by atoms with van der Waals surface area (Å²) in [7, 11) is 0.